The number of carbonyl (C=O) groups excluding carboxylic acids is 3. The van der Waals surface area contributed by atoms with E-state index in [0.717, 1.165) is 11.3 Å². The Labute approximate surface area is 179 Å². The smallest absolute Gasteiger partial charge is 0.263 e. The molecule has 7 nitrogen and oxygen atoms in total. The molecule has 3 rings (SSSR count). The van der Waals surface area contributed by atoms with Crippen molar-refractivity contribution < 1.29 is 19.1 Å². The van der Waals surface area contributed by atoms with Gasteiger partial charge in [-0.1, -0.05) is 44.2 Å². The van der Waals surface area contributed by atoms with Gasteiger partial charge in [0.05, 0.1) is 0 Å². The summed E-state index contributed by atoms with van der Waals surface area (Å²) in [6, 6.07) is 14.3. The molecule has 1 fully saturated rings. The number of para-hydroxylation sites is 1. The van der Waals surface area contributed by atoms with Gasteiger partial charge in [0.2, 0.25) is 0 Å². The minimum atomic E-state index is -0.553. The number of nitrogens with one attached hydrogen (secondary N) is 3. The number of thiocarbonyl (C=S) groups is 1. The van der Waals surface area contributed by atoms with Crippen molar-refractivity contribution in [2.24, 2.45) is 0 Å². The van der Waals surface area contributed by atoms with Crippen LogP contribution < -0.4 is 20.7 Å². The summed E-state index contributed by atoms with van der Waals surface area (Å²) in [5, 5.41) is 7.61. The monoisotopic (exact) mass is 423 g/mol. The van der Waals surface area contributed by atoms with E-state index in [0.29, 0.717) is 11.3 Å². The van der Waals surface area contributed by atoms with E-state index in [1.54, 1.807) is 24.3 Å². The van der Waals surface area contributed by atoms with Crippen molar-refractivity contribution >= 4 is 46.8 Å². The molecule has 0 atom stereocenters. The fraction of sp³-hybridized carbons (Fsp3) is 0.182. The minimum Gasteiger partial charge on any atom is -0.484 e. The third kappa shape index (κ3) is 5.30. The predicted molar refractivity (Wildman–Crippen MR) is 118 cm³/mol. The second kappa shape index (κ2) is 9.32. The highest BCUT2D eigenvalue weighted by Gasteiger charge is 2.25. The van der Waals surface area contributed by atoms with Crippen LogP contribution in [0.5, 0.6) is 5.75 Å². The molecule has 1 saturated heterocycles. The first-order valence-electron chi connectivity index (χ1n) is 9.33. The molecule has 0 aromatic heterocycles. The molecular formula is C22H21N3O4S. The van der Waals surface area contributed by atoms with Crippen LogP contribution in [-0.2, 0) is 14.4 Å². The van der Waals surface area contributed by atoms with E-state index in [2.05, 4.69) is 29.8 Å². The van der Waals surface area contributed by atoms with Gasteiger partial charge in [0.15, 0.2) is 11.7 Å². The zero-order chi connectivity index (χ0) is 21.7. The second-order valence-corrected chi connectivity index (χ2v) is 7.35. The molecule has 8 heteroatoms. The first kappa shape index (κ1) is 21.2. The summed E-state index contributed by atoms with van der Waals surface area (Å²) in [4.78, 5) is 36.0. The molecule has 1 aliphatic heterocycles. The summed E-state index contributed by atoms with van der Waals surface area (Å²) < 4.78 is 5.53. The van der Waals surface area contributed by atoms with Gasteiger partial charge in [-0.3, -0.25) is 25.0 Å². The van der Waals surface area contributed by atoms with Crippen molar-refractivity contribution in [2.45, 2.75) is 19.8 Å². The molecule has 1 heterocycles. The number of carbonyl (C=O) groups is 3. The summed E-state index contributed by atoms with van der Waals surface area (Å²) in [6.07, 6.45) is 1.45. The van der Waals surface area contributed by atoms with Crippen LogP contribution >= 0.6 is 12.2 Å². The fourth-order valence-corrected chi connectivity index (χ4v) is 3.07. The molecule has 2 aromatic carbocycles. The maximum Gasteiger partial charge on any atom is 0.263 e. The van der Waals surface area contributed by atoms with Gasteiger partial charge in [0.1, 0.15) is 11.3 Å². The number of hydrogen-bond donors (Lipinski definition) is 3. The van der Waals surface area contributed by atoms with Crippen molar-refractivity contribution in [2.75, 3.05) is 11.9 Å². The molecule has 0 radical (unpaired) electrons. The number of ether oxygens (including phenoxy) is 1. The van der Waals surface area contributed by atoms with Crippen molar-refractivity contribution in [3.05, 3.63) is 65.2 Å². The van der Waals surface area contributed by atoms with Gasteiger partial charge in [0.25, 0.3) is 17.7 Å². The molecule has 0 spiro atoms. The van der Waals surface area contributed by atoms with Crippen molar-refractivity contribution in [3.63, 3.8) is 0 Å². The van der Waals surface area contributed by atoms with Gasteiger partial charge in [-0.15, -0.1) is 0 Å². The normalized spacial score (nSPS) is 13.6. The van der Waals surface area contributed by atoms with Gasteiger partial charge >= 0.3 is 0 Å². The molecular weight excluding hydrogens is 402 g/mol. The fourth-order valence-electron chi connectivity index (χ4n) is 2.88. The average Bonchev–Trinajstić information content (AvgIpc) is 2.70. The zero-order valence-electron chi connectivity index (χ0n) is 16.5. The Kier molecular flexibility index (Phi) is 6.58. The summed E-state index contributed by atoms with van der Waals surface area (Å²) in [6.45, 7) is 3.98. The quantitative estimate of drug-likeness (QED) is 0.377. The van der Waals surface area contributed by atoms with Crippen molar-refractivity contribution in [1.29, 1.82) is 0 Å². The lowest BCUT2D eigenvalue weighted by Crippen LogP contribution is -2.51. The first-order valence-corrected chi connectivity index (χ1v) is 9.74. The lowest BCUT2D eigenvalue weighted by molar-refractivity contribution is -0.123. The third-order valence-corrected chi connectivity index (χ3v) is 4.57. The number of hydrogen-bond acceptors (Lipinski definition) is 5. The predicted octanol–water partition coefficient (Wildman–Crippen LogP) is 2.74. The molecule has 0 unspecified atom stereocenters. The average molecular weight is 423 g/mol. The molecule has 2 aromatic rings. The summed E-state index contributed by atoms with van der Waals surface area (Å²) >= 11 is 4.77. The van der Waals surface area contributed by atoms with E-state index < -0.39 is 11.8 Å². The highest BCUT2D eigenvalue weighted by Crippen LogP contribution is 2.23. The molecule has 3 amide bonds. The number of benzene rings is 2. The minimum absolute atomic E-state index is 0.0137. The van der Waals surface area contributed by atoms with Crippen LogP contribution in [0.15, 0.2) is 54.1 Å². The topological polar surface area (TPSA) is 96.5 Å². The van der Waals surface area contributed by atoms with Crippen LogP contribution in [0.3, 0.4) is 0 Å². The Balaban J connectivity index is 1.59. The van der Waals surface area contributed by atoms with Crippen LogP contribution in [0.4, 0.5) is 5.69 Å². The van der Waals surface area contributed by atoms with Crippen molar-refractivity contribution in [3.8, 4) is 5.75 Å². The van der Waals surface area contributed by atoms with Crippen LogP contribution in [0.2, 0.25) is 0 Å². The Hall–Kier alpha value is -3.52. The largest absolute Gasteiger partial charge is 0.484 e. The summed E-state index contributed by atoms with van der Waals surface area (Å²) in [5.74, 6) is -0.596. The second-order valence-electron chi connectivity index (χ2n) is 6.94. The van der Waals surface area contributed by atoms with Gasteiger partial charge in [0, 0.05) is 5.69 Å². The van der Waals surface area contributed by atoms with Crippen LogP contribution in [0.1, 0.15) is 30.9 Å². The molecule has 1 aliphatic rings. The standard InChI is InChI=1S/C22H21N3O4S/c1-13(2)16-5-3-4-6-18(16)23-19(26)12-29-15-9-7-14(8-10-15)11-17-20(27)24-22(30)25-21(17)28/h3-11,13H,12H2,1-2H3,(H,23,26)(H2,24,25,27,28,30). The van der Waals surface area contributed by atoms with E-state index in [9.17, 15) is 14.4 Å². The highest BCUT2D eigenvalue weighted by molar-refractivity contribution is 7.80. The lowest BCUT2D eigenvalue weighted by atomic mass is 10.0. The van der Waals surface area contributed by atoms with Crippen molar-refractivity contribution in [1.82, 2.24) is 10.6 Å². The maximum absolute atomic E-state index is 12.2. The van der Waals surface area contributed by atoms with E-state index in [-0.39, 0.29) is 29.1 Å². The Morgan fingerprint density at radius 3 is 2.33 bits per heavy atom. The SMILES string of the molecule is CC(C)c1ccccc1NC(=O)COc1ccc(C=C2C(=O)NC(=S)NC2=O)cc1. The van der Waals surface area contributed by atoms with Gasteiger partial charge in [-0.2, -0.15) is 0 Å². The molecule has 154 valence electrons. The molecule has 0 bridgehead atoms. The lowest BCUT2D eigenvalue weighted by Gasteiger charge is -2.16. The number of amides is 3. The molecule has 30 heavy (non-hydrogen) atoms. The summed E-state index contributed by atoms with van der Waals surface area (Å²) in [7, 11) is 0. The zero-order valence-corrected chi connectivity index (χ0v) is 17.3. The van der Waals surface area contributed by atoms with E-state index >= 15 is 0 Å². The Bertz CT molecular complexity index is 1010. The number of rotatable bonds is 6. The van der Waals surface area contributed by atoms with Crippen LogP contribution in [0.25, 0.3) is 6.08 Å². The third-order valence-electron chi connectivity index (χ3n) is 4.36. The van der Waals surface area contributed by atoms with Gasteiger partial charge < -0.3 is 10.1 Å². The highest BCUT2D eigenvalue weighted by atomic mass is 32.1. The Morgan fingerprint density at radius 2 is 1.70 bits per heavy atom. The molecule has 3 N–H and O–H groups in total. The van der Waals surface area contributed by atoms with Gasteiger partial charge in [-0.05, 0) is 53.5 Å². The van der Waals surface area contributed by atoms with E-state index in [1.807, 2.05) is 24.3 Å². The van der Waals surface area contributed by atoms with Gasteiger partial charge in [-0.25, -0.2) is 0 Å². The van der Waals surface area contributed by atoms with E-state index in [1.165, 1.54) is 6.08 Å². The maximum atomic E-state index is 12.2. The number of anilines is 1. The molecule has 0 saturated carbocycles. The van der Waals surface area contributed by atoms with Crippen LogP contribution in [0, 0.1) is 0 Å². The Morgan fingerprint density at radius 1 is 1.07 bits per heavy atom. The summed E-state index contributed by atoms with van der Waals surface area (Å²) in [5.41, 5.74) is 2.41. The molecule has 0 aliphatic carbocycles. The van der Waals surface area contributed by atoms with Crippen LogP contribution in [-0.4, -0.2) is 29.4 Å². The van der Waals surface area contributed by atoms with E-state index in [4.69, 9.17) is 17.0 Å². The first-order chi connectivity index (χ1) is 14.3.